The molecule has 6 aromatic carbocycles. The van der Waals surface area contributed by atoms with Crippen molar-refractivity contribution in [3.63, 3.8) is 0 Å². The molecule has 1 aliphatic rings. The first-order chi connectivity index (χ1) is 21.6. The fourth-order valence-electron chi connectivity index (χ4n) is 7.00. The summed E-state index contributed by atoms with van der Waals surface area (Å²) in [6.45, 7) is 4.63. The normalized spacial score (nSPS) is 13.4. The first-order valence-electron chi connectivity index (χ1n) is 15.0. The standard InChI is InChI=1S/C40H27N3O/c1-40(2)30-18-10-9-16-27(30)35-31(40)23-21-24-20-22-28-34-29(17-11-19-32(34)44-36(28)33(24)35)39-42-37(25-12-5-3-6-13-25)41-38(43-39)26-14-7-4-8-15-26/h3-23H,1-2H3. The Kier molecular flexibility index (Phi) is 5.21. The third kappa shape index (κ3) is 3.54. The van der Waals surface area contributed by atoms with Crippen molar-refractivity contribution < 1.29 is 4.42 Å². The topological polar surface area (TPSA) is 51.8 Å². The molecular formula is C40H27N3O. The van der Waals surface area contributed by atoms with E-state index in [0.717, 1.165) is 44.0 Å². The molecule has 2 aromatic heterocycles. The van der Waals surface area contributed by atoms with Crippen LogP contribution in [0.25, 0.3) is 78.0 Å². The van der Waals surface area contributed by atoms with Crippen LogP contribution in [-0.4, -0.2) is 15.0 Å². The molecule has 9 rings (SSSR count). The van der Waals surface area contributed by atoms with Crippen LogP contribution in [0.2, 0.25) is 0 Å². The fourth-order valence-corrected chi connectivity index (χ4v) is 7.00. The zero-order chi connectivity index (χ0) is 29.4. The molecule has 0 atom stereocenters. The summed E-state index contributed by atoms with van der Waals surface area (Å²) in [5.41, 5.74) is 9.67. The lowest BCUT2D eigenvalue weighted by molar-refractivity contribution is 0.660. The average molecular weight is 566 g/mol. The summed E-state index contributed by atoms with van der Waals surface area (Å²) in [4.78, 5) is 15.0. The van der Waals surface area contributed by atoms with E-state index in [2.05, 4.69) is 68.4 Å². The average Bonchev–Trinajstić information content (AvgIpc) is 3.58. The second-order valence-corrected chi connectivity index (χ2v) is 12.0. The molecule has 4 nitrogen and oxygen atoms in total. The van der Waals surface area contributed by atoms with Crippen molar-refractivity contribution in [1.82, 2.24) is 15.0 Å². The first kappa shape index (κ1) is 24.9. The molecule has 1 aliphatic carbocycles. The van der Waals surface area contributed by atoms with Crippen LogP contribution in [0.15, 0.2) is 132 Å². The molecule has 0 fully saturated rings. The summed E-state index contributed by atoms with van der Waals surface area (Å²) in [6, 6.07) is 44.0. The Labute approximate surface area is 254 Å². The number of fused-ring (bicyclic) bond motifs is 9. The lowest BCUT2D eigenvalue weighted by atomic mass is 9.82. The highest BCUT2D eigenvalue weighted by Crippen LogP contribution is 2.53. The van der Waals surface area contributed by atoms with Crippen LogP contribution in [0.1, 0.15) is 25.0 Å². The molecule has 44 heavy (non-hydrogen) atoms. The van der Waals surface area contributed by atoms with E-state index >= 15 is 0 Å². The molecule has 4 heteroatoms. The number of aromatic nitrogens is 3. The summed E-state index contributed by atoms with van der Waals surface area (Å²) in [7, 11) is 0. The van der Waals surface area contributed by atoms with Crippen LogP contribution >= 0.6 is 0 Å². The predicted octanol–water partition coefficient (Wildman–Crippen LogP) is 10.2. The van der Waals surface area contributed by atoms with Crippen LogP contribution < -0.4 is 0 Å². The molecule has 0 spiro atoms. The van der Waals surface area contributed by atoms with Crippen LogP contribution in [0.4, 0.5) is 0 Å². The van der Waals surface area contributed by atoms with Gasteiger partial charge in [-0.2, -0.15) is 0 Å². The van der Waals surface area contributed by atoms with Crippen LogP contribution in [0.5, 0.6) is 0 Å². The zero-order valence-electron chi connectivity index (χ0n) is 24.4. The maximum atomic E-state index is 6.79. The minimum absolute atomic E-state index is 0.0913. The zero-order valence-corrected chi connectivity index (χ0v) is 24.4. The summed E-state index contributed by atoms with van der Waals surface area (Å²) in [5, 5.41) is 4.39. The highest BCUT2D eigenvalue weighted by Gasteiger charge is 2.37. The SMILES string of the molecule is CC1(C)c2ccccc2-c2c1ccc1ccc3c(oc4cccc(-c5nc(-c6ccccc6)nc(-c6ccccc6)n5)c43)c21. The Bertz CT molecular complexity index is 2350. The number of furan rings is 1. The molecule has 2 heterocycles. The summed E-state index contributed by atoms with van der Waals surface area (Å²) in [5.74, 6) is 1.90. The first-order valence-corrected chi connectivity index (χ1v) is 15.0. The molecule has 8 aromatic rings. The van der Waals surface area contributed by atoms with Crippen LogP contribution in [0.3, 0.4) is 0 Å². The van der Waals surface area contributed by atoms with E-state index in [1.807, 2.05) is 72.8 Å². The highest BCUT2D eigenvalue weighted by molar-refractivity contribution is 6.22. The quantitative estimate of drug-likeness (QED) is 0.214. The second kappa shape index (κ2) is 9.19. The highest BCUT2D eigenvalue weighted by atomic mass is 16.3. The van der Waals surface area contributed by atoms with Gasteiger partial charge in [-0.1, -0.05) is 129 Å². The van der Waals surface area contributed by atoms with E-state index in [1.165, 1.54) is 27.6 Å². The Morgan fingerprint density at radius 3 is 1.84 bits per heavy atom. The van der Waals surface area contributed by atoms with E-state index in [0.29, 0.717) is 17.5 Å². The Morgan fingerprint density at radius 2 is 1.11 bits per heavy atom. The van der Waals surface area contributed by atoms with Gasteiger partial charge in [0.05, 0.1) is 0 Å². The smallest absolute Gasteiger partial charge is 0.164 e. The molecular weight excluding hydrogens is 538 g/mol. The summed E-state index contributed by atoms with van der Waals surface area (Å²) >= 11 is 0. The maximum Gasteiger partial charge on any atom is 0.164 e. The van der Waals surface area contributed by atoms with Gasteiger partial charge in [-0.3, -0.25) is 0 Å². The molecule has 208 valence electrons. The molecule has 0 bridgehead atoms. The maximum absolute atomic E-state index is 6.79. The van der Waals surface area contributed by atoms with Crippen molar-refractivity contribution in [3.05, 3.63) is 139 Å². The number of hydrogen-bond donors (Lipinski definition) is 0. The van der Waals surface area contributed by atoms with Crippen molar-refractivity contribution in [3.8, 4) is 45.3 Å². The molecule has 0 amide bonds. The Balaban J connectivity index is 1.35. The third-order valence-corrected chi connectivity index (χ3v) is 9.13. The molecule has 0 aliphatic heterocycles. The lowest BCUT2D eigenvalue weighted by Crippen LogP contribution is -2.14. The number of nitrogens with zero attached hydrogens (tertiary/aromatic N) is 3. The van der Waals surface area contributed by atoms with E-state index < -0.39 is 0 Å². The van der Waals surface area contributed by atoms with Gasteiger partial charge in [-0.05, 0) is 39.8 Å². The predicted molar refractivity (Wildman–Crippen MR) is 178 cm³/mol. The molecule has 0 saturated heterocycles. The Morgan fingerprint density at radius 1 is 0.500 bits per heavy atom. The van der Waals surface area contributed by atoms with Crippen LogP contribution in [0, 0.1) is 0 Å². The van der Waals surface area contributed by atoms with Gasteiger partial charge in [0, 0.05) is 38.3 Å². The van der Waals surface area contributed by atoms with Gasteiger partial charge in [0.25, 0.3) is 0 Å². The van der Waals surface area contributed by atoms with Gasteiger partial charge in [-0.25, -0.2) is 15.0 Å². The van der Waals surface area contributed by atoms with Crippen LogP contribution in [-0.2, 0) is 5.41 Å². The minimum atomic E-state index is -0.0913. The lowest BCUT2D eigenvalue weighted by Gasteiger charge is -2.21. The fraction of sp³-hybridized carbons (Fsp3) is 0.0750. The number of rotatable bonds is 3. The molecule has 0 unspecified atom stereocenters. The van der Waals surface area contributed by atoms with E-state index in [4.69, 9.17) is 19.4 Å². The van der Waals surface area contributed by atoms with Gasteiger partial charge in [0.15, 0.2) is 17.5 Å². The van der Waals surface area contributed by atoms with E-state index in [-0.39, 0.29) is 5.41 Å². The summed E-state index contributed by atoms with van der Waals surface area (Å²) in [6.07, 6.45) is 0. The van der Waals surface area contributed by atoms with Crippen molar-refractivity contribution in [2.75, 3.05) is 0 Å². The van der Waals surface area contributed by atoms with Gasteiger partial charge in [0.1, 0.15) is 11.2 Å². The monoisotopic (exact) mass is 565 g/mol. The van der Waals surface area contributed by atoms with Gasteiger partial charge in [0.2, 0.25) is 0 Å². The van der Waals surface area contributed by atoms with Crippen molar-refractivity contribution in [2.45, 2.75) is 19.3 Å². The molecule has 0 N–H and O–H groups in total. The largest absolute Gasteiger partial charge is 0.455 e. The van der Waals surface area contributed by atoms with Gasteiger partial charge >= 0.3 is 0 Å². The Hall–Kier alpha value is -5.61. The van der Waals surface area contributed by atoms with E-state index in [9.17, 15) is 0 Å². The van der Waals surface area contributed by atoms with Gasteiger partial charge in [-0.15, -0.1) is 0 Å². The molecule has 0 radical (unpaired) electrons. The second-order valence-electron chi connectivity index (χ2n) is 12.0. The number of hydrogen-bond acceptors (Lipinski definition) is 4. The van der Waals surface area contributed by atoms with Crippen molar-refractivity contribution >= 4 is 32.7 Å². The number of benzene rings is 6. The van der Waals surface area contributed by atoms with Crippen molar-refractivity contribution in [1.29, 1.82) is 0 Å². The van der Waals surface area contributed by atoms with Gasteiger partial charge < -0.3 is 4.42 Å². The summed E-state index contributed by atoms with van der Waals surface area (Å²) < 4.78 is 6.79. The third-order valence-electron chi connectivity index (χ3n) is 9.13. The minimum Gasteiger partial charge on any atom is -0.455 e. The van der Waals surface area contributed by atoms with Crippen molar-refractivity contribution in [2.24, 2.45) is 0 Å². The molecule has 0 saturated carbocycles. The van der Waals surface area contributed by atoms with E-state index in [1.54, 1.807) is 0 Å².